The number of methoxy groups -OCH3 is 1. The van der Waals surface area contributed by atoms with Crippen molar-refractivity contribution in [3.8, 4) is 5.75 Å². The lowest BCUT2D eigenvalue weighted by molar-refractivity contribution is 0.0314. The number of phenols is 1. The number of aliphatic hydroxyl groups is 1. The fourth-order valence-electron chi connectivity index (χ4n) is 2.78. The summed E-state index contributed by atoms with van der Waals surface area (Å²) in [7, 11) is 1.34. The Morgan fingerprint density at radius 3 is 2.59 bits per heavy atom. The highest BCUT2D eigenvalue weighted by atomic mass is 16.5. The first-order valence-corrected chi connectivity index (χ1v) is 6.61. The fourth-order valence-corrected chi connectivity index (χ4v) is 2.78. The van der Waals surface area contributed by atoms with Gasteiger partial charge in [0, 0.05) is 17.7 Å². The van der Waals surface area contributed by atoms with E-state index in [4.69, 9.17) is 9.15 Å². The highest BCUT2D eigenvalue weighted by Crippen LogP contribution is 2.42. The highest BCUT2D eigenvalue weighted by molar-refractivity contribution is 6.12. The molecule has 1 atom stereocenters. The van der Waals surface area contributed by atoms with E-state index in [2.05, 4.69) is 0 Å². The van der Waals surface area contributed by atoms with Crippen LogP contribution in [-0.4, -0.2) is 23.1 Å². The smallest absolute Gasteiger partial charge is 0.196 e. The van der Waals surface area contributed by atoms with Gasteiger partial charge in [0.1, 0.15) is 33.8 Å². The second-order valence-electron chi connectivity index (χ2n) is 5.39. The third-order valence-corrected chi connectivity index (χ3v) is 3.85. The van der Waals surface area contributed by atoms with Gasteiger partial charge in [0.15, 0.2) is 11.2 Å². The molecule has 0 spiro atoms. The molecular formula is C16H14O6. The SMILES string of the molecule is COC1=CC(=O)c2c(cc3oc(C)cc(=O)c3c2O)[C@@]1(C)O. The number of carbonyl (C=O) groups excluding carboxylic acids is 1. The molecule has 0 saturated heterocycles. The monoisotopic (exact) mass is 302 g/mol. The number of ether oxygens (including phenoxy) is 1. The van der Waals surface area contributed by atoms with Crippen molar-refractivity contribution < 1.29 is 24.2 Å². The minimum absolute atomic E-state index is 0.0544. The van der Waals surface area contributed by atoms with Gasteiger partial charge in [0.2, 0.25) is 0 Å². The molecule has 0 aliphatic heterocycles. The Bertz CT molecular complexity index is 901. The normalized spacial score (nSPS) is 20.7. The molecule has 1 aromatic heterocycles. The number of fused-ring (bicyclic) bond motifs is 2. The number of hydrogen-bond acceptors (Lipinski definition) is 6. The third kappa shape index (κ3) is 1.77. The molecule has 6 heteroatoms. The van der Waals surface area contributed by atoms with Crippen molar-refractivity contribution in [1.29, 1.82) is 0 Å². The summed E-state index contributed by atoms with van der Waals surface area (Å²) in [4.78, 5) is 24.3. The molecule has 1 aromatic carbocycles. The van der Waals surface area contributed by atoms with Crippen LogP contribution in [0.1, 0.15) is 28.6 Å². The van der Waals surface area contributed by atoms with Gasteiger partial charge < -0.3 is 19.4 Å². The maximum absolute atomic E-state index is 12.2. The van der Waals surface area contributed by atoms with E-state index in [1.807, 2.05) is 0 Å². The van der Waals surface area contributed by atoms with Crippen molar-refractivity contribution in [3.05, 3.63) is 51.1 Å². The Balaban J connectivity index is 2.49. The van der Waals surface area contributed by atoms with Crippen LogP contribution in [0.3, 0.4) is 0 Å². The first-order chi connectivity index (χ1) is 10.3. The standard InChI is InChI=1S/C16H14O6/c1-7-4-9(17)14-11(22-7)5-8-13(15(14)19)10(18)6-12(21-3)16(8,2)20/h4-6,19-20H,1-3H3/t16-/m1/s1. The fraction of sp³-hybridized carbons (Fsp3) is 0.250. The van der Waals surface area contributed by atoms with Crippen molar-refractivity contribution >= 4 is 16.8 Å². The predicted octanol–water partition coefficient (Wildman–Crippen LogP) is 1.74. The summed E-state index contributed by atoms with van der Waals surface area (Å²) >= 11 is 0. The lowest BCUT2D eigenvalue weighted by Crippen LogP contribution is -2.32. The molecular weight excluding hydrogens is 288 g/mol. The quantitative estimate of drug-likeness (QED) is 0.833. The van der Waals surface area contributed by atoms with Crippen LogP contribution >= 0.6 is 0 Å². The summed E-state index contributed by atoms with van der Waals surface area (Å²) in [5, 5.41) is 20.9. The van der Waals surface area contributed by atoms with Gasteiger partial charge in [-0.3, -0.25) is 9.59 Å². The largest absolute Gasteiger partial charge is 0.506 e. The van der Waals surface area contributed by atoms with Crippen LogP contribution in [0.2, 0.25) is 0 Å². The second kappa shape index (κ2) is 4.45. The van der Waals surface area contributed by atoms with E-state index >= 15 is 0 Å². The molecule has 22 heavy (non-hydrogen) atoms. The molecule has 1 aliphatic rings. The van der Waals surface area contributed by atoms with Crippen molar-refractivity contribution in [2.24, 2.45) is 0 Å². The molecule has 0 unspecified atom stereocenters. The summed E-state index contributed by atoms with van der Waals surface area (Å²) in [5.74, 6) is -0.615. The zero-order valence-electron chi connectivity index (χ0n) is 12.3. The molecule has 1 heterocycles. The molecule has 0 fully saturated rings. The number of ketones is 1. The number of carbonyl (C=O) groups is 1. The topological polar surface area (TPSA) is 97.0 Å². The van der Waals surface area contributed by atoms with E-state index < -0.39 is 22.6 Å². The van der Waals surface area contributed by atoms with Crippen molar-refractivity contribution in [1.82, 2.24) is 0 Å². The van der Waals surface area contributed by atoms with E-state index in [0.717, 1.165) is 6.08 Å². The number of hydrogen-bond donors (Lipinski definition) is 2. The van der Waals surface area contributed by atoms with Crippen LogP contribution in [0.5, 0.6) is 5.75 Å². The lowest BCUT2D eigenvalue weighted by atomic mass is 9.82. The van der Waals surface area contributed by atoms with Crippen LogP contribution in [0.25, 0.3) is 11.0 Å². The number of benzene rings is 1. The molecule has 0 amide bonds. The van der Waals surface area contributed by atoms with Crippen LogP contribution in [0.15, 0.2) is 33.2 Å². The van der Waals surface area contributed by atoms with Crippen molar-refractivity contribution in [2.45, 2.75) is 19.4 Å². The maximum atomic E-state index is 12.2. The predicted molar refractivity (Wildman–Crippen MR) is 77.9 cm³/mol. The van der Waals surface area contributed by atoms with Crippen molar-refractivity contribution in [2.75, 3.05) is 7.11 Å². The van der Waals surface area contributed by atoms with Crippen LogP contribution in [-0.2, 0) is 10.3 Å². The molecule has 0 radical (unpaired) electrons. The average Bonchev–Trinajstić information content (AvgIpc) is 2.41. The Hall–Kier alpha value is -2.60. The van der Waals surface area contributed by atoms with Gasteiger partial charge >= 0.3 is 0 Å². The number of aryl methyl sites for hydroxylation is 1. The molecule has 114 valence electrons. The van der Waals surface area contributed by atoms with Gasteiger partial charge in [-0.25, -0.2) is 0 Å². The van der Waals surface area contributed by atoms with E-state index in [-0.39, 0.29) is 27.9 Å². The maximum Gasteiger partial charge on any atom is 0.196 e. The molecule has 2 N–H and O–H groups in total. The van der Waals surface area contributed by atoms with Gasteiger partial charge in [0.05, 0.1) is 12.7 Å². The number of allylic oxidation sites excluding steroid dienone is 1. The summed E-state index contributed by atoms with van der Waals surface area (Å²) in [5.41, 5.74) is -1.95. The minimum Gasteiger partial charge on any atom is -0.506 e. The Kier molecular flexibility index (Phi) is 2.90. The van der Waals surface area contributed by atoms with Crippen LogP contribution < -0.4 is 5.43 Å². The van der Waals surface area contributed by atoms with Gasteiger partial charge in [-0.15, -0.1) is 0 Å². The van der Waals surface area contributed by atoms with E-state index in [0.29, 0.717) is 5.76 Å². The Morgan fingerprint density at radius 2 is 1.95 bits per heavy atom. The van der Waals surface area contributed by atoms with Gasteiger partial charge in [0.25, 0.3) is 0 Å². The number of phenolic OH excluding ortho intramolecular Hbond substituents is 1. The van der Waals surface area contributed by atoms with E-state index in [1.165, 1.54) is 26.2 Å². The molecule has 6 nitrogen and oxygen atoms in total. The average molecular weight is 302 g/mol. The van der Waals surface area contributed by atoms with E-state index in [1.54, 1.807) is 6.92 Å². The second-order valence-corrected chi connectivity index (χ2v) is 5.39. The first-order valence-electron chi connectivity index (χ1n) is 6.61. The summed E-state index contributed by atoms with van der Waals surface area (Å²) in [6.45, 7) is 3.04. The van der Waals surface area contributed by atoms with Gasteiger partial charge in [-0.1, -0.05) is 0 Å². The summed E-state index contributed by atoms with van der Waals surface area (Å²) in [6.07, 6.45) is 1.10. The molecule has 3 rings (SSSR count). The lowest BCUT2D eigenvalue weighted by Gasteiger charge is -2.31. The van der Waals surface area contributed by atoms with Crippen LogP contribution in [0.4, 0.5) is 0 Å². The first kappa shape index (κ1) is 14.3. The number of aromatic hydroxyl groups is 1. The van der Waals surface area contributed by atoms with Crippen molar-refractivity contribution in [3.63, 3.8) is 0 Å². The Morgan fingerprint density at radius 1 is 1.27 bits per heavy atom. The van der Waals surface area contributed by atoms with Gasteiger partial charge in [-0.05, 0) is 19.9 Å². The molecule has 1 aliphatic carbocycles. The zero-order chi connectivity index (χ0) is 16.2. The molecule has 0 bridgehead atoms. The van der Waals surface area contributed by atoms with Gasteiger partial charge in [-0.2, -0.15) is 0 Å². The van der Waals surface area contributed by atoms with E-state index in [9.17, 15) is 19.8 Å². The third-order valence-electron chi connectivity index (χ3n) is 3.85. The zero-order valence-corrected chi connectivity index (χ0v) is 12.3. The minimum atomic E-state index is -1.62. The number of rotatable bonds is 1. The summed E-state index contributed by atoms with van der Waals surface area (Å²) < 4.78 is 10.5. The Labute approximate surface area is 125 Å². The molecule has 0 saturated carbocycles. The molecule has 2 aromatic rings. The summed E-state index contributed by atoms with van der Waals surface area (Å²) in [6, 6.07) is 2.62. The highest BCUT2D eigenvalue weighted by Gasteiger charge is 2.40. The van der Waals surface area contributed by atoms with Crippen LogP contribution in [0, 0.1) is 6.92 Å².